The molecule has 30 heavy (non-hydrogen) atoms. The number of para-hydroxylation sites is 1. The van der Waals surface area contributed by atoms with Crippen molar-refractivity contribution in [1.29, 1.82) is 0 Å². The van der Waals surface area contributed by atoms with Gasteiger partial charge in [0.15, 0.2) is 0 Å². The fourth-order valence-corrected chi connectivity index (χ4v) is 4.02. The molecule has 154 valence electrons. The highest BCUT2D eigenvalue weighted by Crippen LogP contribution is 2.26. The molecule has 0 fully saturated rings. The summed E-state index contributed by atoms with van der Waals surface area (Å²) in [5.41, 5.74) is 3.19. The summed E-state index contributed by atoms with van der Waals surface area (Å²) >= 11 is 0. The van der Waals surface area contributed by atoms with Crippen LogP contribution >= 0.6 is 0 Å². The topological polar surface area (TPSA) is 65.3 Å². The van der Waals surface area contributed by atoms with Crippen LogP contribution < -0.4 is 15.6 Å². The number of hydrogen-bond acceptors (Lipinski definition) is 3. The zero-order valence-corrected chi connectivity index (χ0v) is 17.6. The van der Waals surface area contributed by atoms with Crippen LogP contribution in [0.5, 0.6) is 5.75 Å². The number of hydrogen-bond donors (Lipinski definition) is 1. The van der Waals surface area contributed by atoms with Gasteiger partial charge in [-0.15, -0.1) is 0 Å². The van der Waals surface area contributed by atoms with Gasteiger partial charge in [0.2, 0.25) is 0 Å². The number of carbonyl (C=O) groups excluding carboxylic acids is 1. The SMILES string of the molecule is COc1ccc2c(c1)c(C[C@H](C)NC(=O)c1cc(=O)n(C)c3ccccc13)cn2C. The molecule has 0 radical (unpaired) electrons. The van der Waals surface area contributed by atoms with E-state index in [1.807, 2.05) is 56.4 Å². The second-order valence-corrected chi connectivity index (χ2v) is 7.70. The summed E-state index contributed by atoms with van der Waals surface area (Å²) in [7, 11) is 5.37. The number of benzene rings is 2. The van der Waals surface area contributed by atoms with Gasteiger partial charge >= 0.3 is 0 Å². The van der Waals surface area contributed by atoms with E-state index >= 15 is 0 Å². The average Bonchev–Trinajstić information content (AvgIpc) is 3.05. The van der Waals surface area contributed by atoms with Crippen molar-refractivity contribution in [2.45, 2.75) is 19.4 Å². The van der Waals surface area contributed by atoms with Gasteiger partial charge in [0.1, 0.15) is 5.75 Å². The van der Waals surface area contributed by atoms with Gasteiger partial charge < -0.3 is 19.2 Å². The largest absolute Gasteiger partial charge is 0.497 e. The average molecular weight is 403 g/mol. The lowest BCUT2D eigenvalue weighted by Gasteiger charge is -2.15. The molecule has 0 unspecified atom stereocenters. The second kappa shape index (κ2) is 7.71. The van der Waals surface area contributed by atoms with Crippen LogP contribution in [0.15, 0.2) is 59.5 Å². The van der Waals surface area contributed by atoms with E-state index < -0.39 is 0 Å². The minimum Gasteiger partial charge on any atom is -0.497 e. The van der Waals surface area contributed by atoms with Crippen molar-refractivity contribution in [1.82, 2.24) is 14.5 Å². The van der Waals surface area contributed by atoms with Crippen molar-refractivity contribution < 1.29 is 9.53 Å². The Hall–Kier alpha value is -3.54. The van der Waals surface area contributed by atoms with E-state index in [2.05, 4.69) is 16.1 Å². The Morgan fingerprint density at radius 2 is 1.83 bits per heavy atom. The minimum atomic E-state index is -0.241. The highest BCUT2D eigenvalue weighted by atomic mass is 16.5. The van der Waals surface area contributed by atoms with Crippen molar-refractivity contribution >= 4 is 27.7 Å². The molecule has 1 N–H and O–H groups in total. The predicted octanol–water partition coefficient (Wildman–Crippen LogP) is 3.40. The number of rotatable bonds is 5. The monoisotopic (exact) mass is 403 g/mol. The normalized spacial score (nSPS) is 12.3. The van der Waals surface area contributed by atoms with Gasteiger partial charge in [-0.1, -0.05) is 18.2 Å². The summed E-state index contributed by atoms with van der Waals surface area (Å²) < 4.78 is 9.00. The number of aryl methyl sites for hydroxylation is 2. The van der Waals surface area contributed by atoms with E-state index in [0.717, 1.165) is 33.1 Å². The quantitative estimate of drug-likeness (QED) is 0.555. The number of aromatic nitrogens is 2. The third-order valence-electron chi connectivity index (χ3n) is 5.58. The molecule has 4 aromatic rings. The van der Waals surface area contributed by atoms with Gasteiger partial charge in [-0.05, 0) is 43.2 Å². The molecule has 1 atom stereocenters. The maximum absolute atomic E-state index is 13.0. The Bertz CT molecular complexity index is 1320. The summed E-state index contributed by atoms with van der Waals surface area (Å²) in [6, 6.07) is 14.7. The molecule has 4 rings (SSSR count). The molecule has 1 amide bonds. The number of ether oxygens (including phenoxy) is 1. The van der Waals surface area contributed by atoms with Gasteiger partial charge in [-0.25, -0.2) is 0 Å². The molecular formula is C24H25N3O3. The van der Waals surface area contributed by atoms with Crippen LogP contribution in [0.25, 0.3) is 21.8 Å². The molecule has 2 aromatic carbocycles. The van der Waals surface area contributed by atoms with Crippen LogP contribution in [0.2, 0.25) is 0 Å². The summed E-state index contributed by atoms with van der Waals surface area (Å²) in [6.07, 6.45) is 2.75. The van der Waals surface area contributed by atoms with Crippen molar-refractivity contribution in [3.05, 3.63) is 76.2 Å². The smallest absolute Gasteiger partial charge is 0.252 e. The van der Waals surface area contributed by atoms with E-state index in [1.165, 1.54) is 6.07 Å². The lowest BCUT2D eigenvalue weighted by molar-refractivity contribution is 0.0941. The summed E-state index contributed by atoms with van der Waals surface area (Å²) in [5.74, 6) is 0.562. The molecule has 0 saturated heterocycles. The van der Waals surface area contributed by atoms with E-state index in [9.17, 15) is 9.59 Å². The molecule has 0 aliphatic rings. The fourth-order valence-electron chi connectivity index (χ4n) is 4.02. The Balaban J connectivity index is 1.61. The molecule has 2 heterocycles. The van der Waals surface area contributed by atoms with E-state index in [4.69, 9.17) is 4.74 Å². The van der Waals surface area contributed by atoms with Crippen LogP contribution in [0.3, 0.4) is 0 Å². The lowest BCUT2D eigenvalue weighted by atomic mass is 10.0. The van der Waals surface area contributed by atoms with Gasteiger partial charge in [-0.3, -0.25) is 9.59 Å². The number of nitrogens with one attached hydrogen (secondary N) is 1. The zero-order valence-electron chi connectivity index (χ0n) is 17.6. The lowest BCUT2D eigenvalue weighted by Crippen LogP contribution is -2.35. The summed E-state index contributed by atoms with van der Waals surface area (Å²) in [4.78, 5) is 25.3. The molecular weight excluding hydrogens is 378 g/mol. The first-order chi connectivity index (χ1) is 14.4. The maximum atomic E-state index is 13.0. The van der Waals surface area contributed by atoms with E-state index in [-0.39, 0.29) is 17.5 Å². The highest BCUT2D eigenvalue weighted by molar-refractivity contribution is 6.06. The number of fused-ring (bicyclic) bond motifs is 2. The number of pyridine rings is 1. The number of carbonyl (C=O) groups is 1. The molecule has 6 heteroatoms. The first-order valence-corrected chi connectivity index (χ1v) is 9.90. The summed E-state index contributed by atoms with van der Waals surface area (Å²) in [6.45, 7) is 1.97. The van der Waals surface area contributed by atoms with Gasteiger partial charge in [0, 0.05) is 48.7 Å². The van der Waals surface area contributed by atoms with Crippen LogP contribution in [-0.2, 0) is 20.5 Å². The van der Waals surface area contributed by atoms with Gasteiger partial charge in [0.25, 0.3) is 11.5 Å². The summed E-state index contributed by atoms with van der Waals surface area (Å²) in [5, 5.41) is 4.93. The molecule has 0 aliphatic heterocycles. The van der Waals surface area contributed by atoms with Gasteiger partial charge in [0.05, 0.1) is 18.2 Å². The van der Waals surface area contributed by atoms with Crippen LogP contribution in [0.4, 0.5) is 0 Å². The van der Waals surface area contributed by atoms with E-state index in [1.54, 1.807) is 18.7 Å². The molecule has 2 aromatic heterocycles. The van der Waals surface area contributed by atoms with Crippen LogP contribution in [0.1, 0.15) is 22.8 Å². The van der Waals surface area contributed by atoms with Crippen molar-refractivity contribution in [3.63, 3.8) is 0 Å². The first-order valence-electron chi connectivity index (χ1n) is 9.90. The van der Waals surface area contributed by atoms with Gasteiger partial charge in [-0.2, -0.15) is 0 Å². The van der Waals surface area contributed by atoms with Crippen LogP contribution in [-0.4, -0.2) is 28.2 Å². The highest BCUT2D eigenvalue weighted by Gasteiger charge is 2.17. The molecule has 0 bridgehead atoms. The number of nitrogens with zero attached hydrogens (tertiary/aromatic N) is 2. The first kappa shape index (κ1) is 19.8. The molecule has 6 nitrogen and oxygen atoms in total. The standard InChI is InChI=1S/C24H25N3O3/c1-15(11-16-14-26(2)21-10-9-17(30-4)12-19(16)21)25-24(29)20-13-23(28)27(3)22-8-6-5-7-18(20)22/h5-10,12-15H,11H2,1-4H3,(H,25,29)/t15-/m0/s1. The number of methoxy groups -OCH3 is 1. The Morgan fingerprint density at radius 1 is 1.07 bits per heavy atom. The Labute approximate surface area is 174 Å². The Morgan fingerprint density at radius 3 is 2.60 bits per heavy atom. The third-order valence-corrected chi connectivity index (χ3v) is 5.58. The zero-order chi connectivity index (χ0) is 21.4. The van der Waals surface area contributed by atoms with Crippen molar-refractivity contribution in [2.75, 3.05) is 7.11 Å². The van der Waals surface area contributed by atoms with Crippen molar-refractivity contribution in [2.24, 2.45) is 14.1 Å². The maximum Gasteiger partial charge on any atom is 0.252 e. The molecule has 0 aliphatic carbocycles. The predicted molar refractivity (Wildman–Crippen MR) is 119 cm³/mol. The number of amides is 1. The van der Waals surface area contributed by atoms with Crippen molar-refractivity contribution in [3.8, 4) is 5.75 Å². The molecule has 0 saturated carbocycles. The third kappa shape index (κ3) is 3.45. The van der Waals surface area contributed by atoms with Crippen LogP contribution in [0, 0.1) is 0 Å². The minimum absolute atomic E-state index is 0.114. The Kier molecular flexibility index (Phi) is 5.08. The second-order valence-electron chi connectivity index (χ2n) is 7.70. The molecule has 0 spiro atoms. The fraction of sp³-hybridized carbons (Fsp3) is 0.250. The van der Waals surface area contributed by atoms with E-state index in [0.29, 0.717) is 12.0 Å².